The van der Waals surface area contributed by atoms with Crippen molar-refractivity contribution in [1.82, 2.24) is 14.9 Å². The van der Waals surface area contributed by atoms with Crippen LogP contribution in [0.4, 0.5) is 4.39 Å². The quantitative estimate of drug-likeness (QED) is 0.320. The maximum Gasteiger partial charge on any atom is 0.330 e. The van der Waals surface area contributed by atoms with Crippen molar-refractivity contribution in [3.05, 3.63) is 54.8 Å². The van der Waals surface area contributed by atoms with Crippen molar-refractivity contribution in [3.8, 4) is 11.5 Å². The maximum absolute atomic E-state index is 15.8. The number of rotatable bonds is 11. The Morgan fingerprint density at radius 2 is 1.85 bits per heavy atom. The number of methoxy groups -OCH3 is 1. The number of ether oxygens (including phenoxy) is 4. The normalized spacial score (nSPS) is 21.8. The topological polar surface area (TPSA) is 164 Å². The molecule has 0 bridgehead atoms. The third kappa shape index (κ3) is 7.39. The molecular formula is C26H33Cl2FN4O8. The average molecular weight is 619 g/mol. The number of H-pyrrole nitrogens is 1. The minimum atomic E-state index is -2.04. The van der Waals surface area contributed by atoms with Crippen LogP contribution >= 0.6 is 23.2 Å². The lowest BCUT2D eigenvalue weighted by Gasteiger charge is -2.23. The molecule has 4 N–H and O–H groups in total. The summed E-state index contributed by atoms with van der Waals surface area (Å²) in [7, 11) is 1.41. The summed E-state index contributed by atoms with van der Waals surface area (Å²) in [5, 5.41) is 2.97. The molecule has 0 spiro atoms. The zero-order valence-corrected chi connectivity index (χ0v) is 24.6. The number of amides is 1. The predicted octanol–water partition coefficient (Wildman–Crippen LogP) is 2.13. The number of esters is 1. The van der Waals surface area contributed by atoms with Gasteiger partial charge < -0.3 is 30.0 Å². The number of nitrogens with two attached hydrogens (primary N) is 1. The molecule has 15 heteroatoms. The van der Waals surface area contributed by atoms with Gasteiger partial charge in [0.1, 0.15) is 23.6 Å². The Hall–Kier alpha value is -3.13. The second-order valence-corrected chi connectivity index (χ2v) is 10.6. The summed E-state index contributed by atoms with van der Waals surface area (Å²) in [5.74, 6) is -1.39. The summed E-state index contributed by atoms with van der Waals surface area (Å²) < 4.78 is 38.6. The van der Waals surface area contributed by atoms with Crippen molar-refractivity contribution in [3.63, 3.8) is 0 Å². The predicted molar refractivity (Wildman–Crippen MR) is 148 cm³/mol. The molecule has 6 atom stereocenters. The molecule has 3 rings (SSSR count). The van der Waals surface area contributed by atoms with Crippen LogP contribution in [0.25, 0.3) is 0 Å². The summed E-state index contributed by atoms with van der Waals surface area (Å²) in [6.07, 6.45) is -5.98. The van der Waals surface area contributed by atoms with Crippen molar-refractivity contribution < 1.29 is 32.9 Å². The van der Waals surface area contributed by atoms with Crippen molar-refractivity contribution in [2.45, 2.75) is 70.9 Å². The molecule has 1 fully saturated rings. The van der Waals surface area contributed by atoms with Gasteiger partial charge in [-0.2, -0.15) is 0 Å². The molecule has 1 amide bonds. The van der Waals surface area contributed by atoms with Crippen LogP contribution in [0, 0.1) is 5.92 Å². The molecule has 12 nitrogen and oxygen atoms in total. The van der Waals surface area contributed by atoms with Gasteiger partial charge in [-0.15, -0.1) is 0 Å². The highest BCUT2D eigenvalue weighted by atomic mass is 35.5. The Morgan fingerprint density at radius 3 is 2.46 bits per heavy atom. The molecule has 41 heavy (non-hydrogen) atoms. The van der Waals surface area contributed by atoms with E-state index in [9.17, 15) is 19.2 Å². The molecule has 1 aliphatic rings. The average Bonchev–Trinajstić information content (AvgIpc) is 3.22. The fourth-order valence-electron chi connectivity index (χ4n) is 4.02. The molecule has 0 unspecified atom stereocenters. The van der Waals surface area contributed by atoms with Gasteiger partial charge >= 0.3 is 11.7 Å². The summed E-state index contributed by atoms with van der Waals surface area (Å²) in [6.45, 7) is 6.21. The minimum Gasteiger partial charge on any atom is -0.495 e. The van der Waals surface area contributed by atoms with Crippen molar-refractivity contribution >= 4 is 35.1 Å². The second-order valence-electron chi connectivity index (χ2n) is 9.78. The number of benzene rings is 1. The number of nitrogens with zero attached hydrogens (tertiary/aromatic N) is 1. The Balaban J connectivity index is 1.80. The number of alkyl halides is 1. The third-order valence-corrected chi connectivity index (χ3v) is 7.15. The van der Waals surface area contributed by atoms with Crippen LogP contribution in [0.2, 0.25) is 10.0 Å². The monoisotopic (exact) mass is 618 g/mol. The number of carbonyl (C=O) groups excluding carboxylic acids is 2. The van der Waals surface area contributed by atoms with Crippen LogP contribution in [0.1, 0.15) is 39.5 Å². The highest BCUT2D eigenvalue weighted by Gasteiger charge is 2.49. The first-order chi connectivity index (χ1) is 19.3. The van der Waals surface area contributed by atoms with Gasteiger partial charge in [-0.3, -0.25) is 23.9 Å². The van der Waals surface area contributed by atoms with E-state index < -0.39 is 59.9 Å². The number of aromatic amines is 1. The second kappa shape index (κ2) is 13.7. The van der Waals surface area contributed by atoms with Gasteiger partial charge in [0.15, 0.2) is 24.6 Å². The molecule has 1 aliphatic heterocycles. The zero-order valence-electron chi connectivity index (χ0n) is 23.1. The van der Waals surface area contributed by atoms with E-state index in [2.05, 4.69) is 10.3 Å². The van der Waals surface area contributed by atoms with Crippen molar-refractivity contribution in [2.75, 3.05) is 13.7 Å². The van der Waals surface area contributed by atoms with E-state index >= 15 is 4.39 Å². The summed E-state index contributed by atoms with van der Waals surface area (Å²) >= 11 is 12.2. The van der Waals surface area contributed by atoms with E-state index in [-0.39, 0.29) is 46.0 Å². The molecule has 0 saturated carbocycles. The molecule has 0 radical (unpaired) electrons. The molecule has 226 valence electrons. The molecule has 2 heterocycles. The maximum atomic E-state index is 15.8. The first-order valence-corrected chi connectivity index (χ1v) is 13.6. The highest BCUT2D eigenvalue weighted by molar-refractivity contribution is 6.36. The lowest BCUT2D eigenvalue weighted by molar-refractivity contribution is -0.156. The summed E-state index contributed by atoms with van der Waals surface area (Å²) in [5.41, 5.74) is 4.58. The van der Waals surface area contributed by atoms with Crippen LogP contribution in [0.3, 0.4) is 0 Å². The van der Waals surface area contributed by atoms with Crippen LogP contribution < -0.4 is 31.8 Å². The Morgan fingerprint density at radius 1 is 1.20 bits per heavy atom. The standard InChI is InChI=1S/C26H33Cl2FN4O8/c1-6-13-10-33(26(37)32-23(13)35)24-19(29)21(41-25(36)20(30)11(2)3)18(40-24)9-31-22(34)12(4)39-17-8-16(38-5)14(27)7-15(17)28/h7-8,10-12,18-21,24H,6,9,30H2,1-5H3,(H,31,34)(H,32,35,37)/t12-,18+,19+,20-,21+,24-/m1/s1. The van der Waals surface area contributed by atoms with Crippen LogP contribution in [0.5, 0.6) is 11.5 Å². The largest absolute Gasteiger partial charge is 0.495 e. The van der Waals surface area contributed by atoms with E-state index in [1.165, 1.54) is 32.4 Å². The number of carbonyl (C=O) groups is 2. The molecular weight excluding hydrogens is 586 g/mol. The SMILES string of the molecule is CCc1cn([C@@H]2O[C@@H](CNC(=O)[C@@H](C)Oc3cc(OC)c(Cl)cc3Cl)[C@H](OC(=O)[C@H](N)C(C)C)[C@@H]2F)c(=O)[nH]c1=O. The number of aryl methyl sites for hydroxylation is 1. The smallest absolute Gasteiger partial charge is 0.330 e. The zero-order chi connectivity index (χ0) is 30.6. The highest BCUT2D eigenvalue weighted by Crippen LogP contribution is 2.36. The van der Waals surface area contributed by atoms with E-state index in [0.717, 1.165) is 4.57 Å². The van der Waals surface area contributed by atoms with E-state index in [1.54, 1.807) is 20.8 Å². The number of hydrogen-bond donors (Lipinski definition) is 3. The van der Waals surface area contributed by atoms with Gasteiger partial charge in [0, 0.05) is 24.4 Å². The van der Waals surface area contributed by atoms with Crippen molar-refractivity contribution in [1.29, 1.82) is 0 Å². The first kappa shape index (κ1) is 32.4. The number of hydrogen-bond acceptors (Lipinski definition) is 9. The molecule has 1 saturated heterocycles. The number of nitrogens with one attached hydrogen (secondary N) is 2. The van der Waals surface area contributed by atoms with Gasteiger partial charge in [0.2, 0.25) is 0 Å². The van der Waals surface area contributed by atoms with E-state index in [1.807, 2.05) is 0 Å². The summed E-state index contributed by atoms with van der Waals surface area (Å²) in [4.78, 5) is 52.1. The lowest BCUT2D eigenvalue weighted by Crippen LogP contribution is -2.47. The lowest BCUT2D eigenvalue weighted by atomic mass is 10.1. The van der Waals surface area contributed by atoms with Gasteiger partial charge in [0.05, 0.1) is 17.2 Å². The van der Waals surface area contributed by atoms with E-state index in [0.29, 0.717) is 0 Å². The van der Waals surface area contributed by atoms with Gasteiger partial charge in [-0.1, -0.05) is 44.0 Å². The molecule has 2 aromatic rings. The Bertz CT molecular complexity index is 1380. The van der Waals surface area contributed by atoms with Crippen LogP contribution in [-0.4, -0.2) is 65.6 Å². The minimum absolute atomic E-state index is 0.134. The van der Waals surface area contributed by atoms with Gasteiger partial charge in [-0.05, 0) is 25.3 Å². The first-order valence-electron chi connectivity index (χ1n) is 12.9. The van der Waals surface area contributed by atoms with Crippen LogP contribution in [0.15, 0.2) is 27.9 Å². The van der Waals surface area contributed by atoms with Crippen molar-refractivity contribution in [2.24, 2.45) is 11.7 Å². The summed E-state index contributed by atoms with van der Waals surface area (Å²) in [6, 6.07) is 1.78. The fraction of sp³-hybridized carbons (Fsp3) is 0.538. The molecule has 1 aromatic carbocycles. The molecule has 1 aromatic heterocycles. The number of aromatic nitrogens is 2. The Labute approximate surface area is 245 Å². The van der Waals surface area contributed by atoms with Gasteiger partial charge in [-0.25, -0.2) is 9.18 Å². The Kier molecular flexibility index (Phi) is 10.8. The molecule has 0 aliphatic carbocycles. The fourth-order valence-corrected chi connectivity index (χ4v) is 4.53. The van der Waals surface area contributed by atoms with Gasteiger partial charge in [0.25, 0.3) is 11.5 Å². The van der Waals surface area contributed by atoms with E-state index in [4.69, 9.17) is 47.9 Å². The number of halogens is 3. The van der Waals surface area contributed by atoms with Crippen LogP contribution in [-0.2, 0) is 25.5 Å². The third-order valence-electron chi connectivity index (χ3n) is 6.56.